The molecule has 1 heterocycles. The van der Waals surface area contributed by atoms with Crippen molar-refractivity contribution in [2.24, 2.45) is 0 Å². The maximum Gasteiger partial charge on any atom is 0.389 e. The predicted molar refractivity (Wildman–Crippen MR) is 60.5 cm³/mol. The number of hydrogen-bond donors (Lipinski definition) is 1. The van der Waals surface area contributed by atoms with Crippen LogP contribution >= 0.6 is 0 Å². The van der Waals surface area contributed by atoms with Gasteiger partial charge in [0.15, 0.2) is 0 Å². The van der Waals surface area contributed by atoms with Gasteiger partial charge in [-0.2, -0.15) is 13.2 Å². The van der Waals surface area contributed by atoms with Crippen LogP contribution in [0.1, 0.15) is 42.8 Å². The number of nitrogens with zero attached hydrogens (tertiary/aromatic N) is 1. The third-order valence-corrected chi connectivity index (χ3v) is 3.14. The number of aromatic nitrogens is 2. The molecule has 0 fully saturated rings. The molecule has 1 aromatic heterocycles. The van der Waals surface area contributed by atoms with Crippen LogP contribution in [0.2, 0.25) is 0 Å². The standard InChI is InChI=1S/C12H15F3N2O/c13-12(14,15)7-6-10-16-9-5-3-1-2-4-8(9)11(18)17-10/h1-7H2,(H,16,17,18). The Bertz CT molecular complexity index is 479. The maximum absolute atomic E-state index is 12.1. The molecule has 0 amide bonds. The number of halogens is 3. The molecule has 0 radical (unpaired) electrons. The molecule has 1 N–H and O–H groups in total. The van der Waals surface area contributed by atoms with Crippen molar-refractivity contribution in [1.82, 2.24) is 9.97 Å². The SMILES string of the molecule is O=c1[nH]c(CCC(F)(F)F)nc2c1CCCCC2. The molecule has 3 nitrogen and oxygen atoms in total. The molecule has 1 aliphatic rings. The van der Waals surface area contributed by atoms with Crippen LogP contribution in [0.25, 0.3) is 0 Å². The Balaban J connectivity index is 2.21. The van der Waals surface area contributed by atoms with Crippen molar-refractivity contribution in [3.05, 3.63) is 27.4 Å². The van der Waals surface area contributed by atoms with Crippen LogP contribution in [0.15, 0.2) is 4.79 Å². The van der Waals surface area contributed by atoms with Crippen LogP contribution in [0.4, 0.5) is 13.2 Å². The van der Waals surface area contributed by atoms with Crippen molar-refractivity contribution < 1.29 is 13.2 Å². The van der Waals surface area contributed by atoms with Crippen molar-refractivity contribution in [3.63, 3.8) is 0 Å². The second-order valence-corrected chi connectivity index (χ2v) is 4.61. The van der Waals surface area contributed by atoms with Crippen molar-refractivity contribution in [1.29, 1.82) is 0 Å². The average Bonchev–Trinajstić information content (AvgIpc) is 2.51. The second-order valence-electron chi connectivity index (χ2n) is 4.61. The zero-order valence-corrected chi connectivity index (χ0v) is 9.94. The smallest absolute Gasteiger partial charge is 0.310 e. The van der Waals surface area contributed by atoms with Gasteiger partial charge in [-0.3, -0.25) is 4.79 Å². The fourth-order valence-corrected chi connectivity index (χ4v) is 2.21. The maximum atomic E-state index is 12.1. The van der Waals surface area contributed by atoms with Gasteiger partial charge in [-0.15, -0.1) is 0 Å². The summed E-state index contributed by atoms with van der Waals surface area (Å²) in [5.74, 6) is 0.151. The van der Waals surface area contributed by atoms with E-state index in [-0.39, 0.29) is 17.8 Å². The molecule has 6 heteroatoms. The van der Waals surface area contributed by atoms with Gasteiger partial charge in [0.1, 0.15) is 5.82 Å². The Hall–Kier alpha value is -1.33. The summed E-state index contributed by atoms with van der Waals surface area (Å²) in [5, 5.41) is 0. The van der Waals surface area contributed by atoms with E-state index in [1.165, 1.54) is 0 Å². The molecule has 0 aromatic carbocycles. The molecule has 0 atom stereocenters. The number of aromatic amines is 1. The van der Waals surface area contributed by atoms with Crippen LogP contribution in [0, 0.1) is 0 Å². The third-order valence-electron chi connectivity index (χ3n) is 3.14. The number of rotatable bonds is 2. The molecular formula is C12H15F3N2O. The predicted octanol–water partition coefficient (Wildman–Crippen LogP) is 2.53. The topological polar surface area (TPSA) is 45.8 Å². The molecule has 100 valence electrons. The molecule has 0 saturated carbocycles. The lowest BCUT2D eigenvalue weighted by Gasteiger charge is -2.08. The van der Waals surface area contributed by atoms with E-state index in [9.17, 15) is 18.0 Å². The number of aryl methyl sites for hydroxylation is 2. The molecule has 0 spiro atoms. The Kier molecular flexibility index (Phi) is 3.73. The summed E-state index contributed by atoms with van der Waals surface area (Å²) in [4.78, 5) is 18.4. The molecular weight excluding hydrogens is 245 g/mol. The lowest BCUT2D eigenvalue weighted by atomic mass is 10.1. The summed E-state index contributed by atoms with van der Waals surface area (Å²) < 4.78 is 36.4. The van der Waals surface area contributed by atoms with Gasteiger partial charge < -0.3 is 4.98 Å². The number of fused-ring (bicyclic) bond motifs is 1. The van der Waals surface area contributed by atoms with Gasteiger partial charge in [0.05, 0.1) is 12.1 Å². The molecule has 1 aromatic rings. The molecule has 1 aliphatic carbocycles. The summed E-state index contributed by atoms with van der Waals surface area (Å²) in [5.41, 5.74) is 1.08. The summed E-state index contributed by atoms with van der Waals surface area (Å²) in [6.07, 6.45) is -1.13. The Morgan fingerprint density at radius 1 is 1.17 bits per heavy atom. The first-order valence-corrected chi connectivity index (χ1v) is 6.13. The van der Waals surface area contributed by atoms with E-state index in [2.05, 4.69) is 9.97 Å². The van der Waals surface area contributed by atoms with E-state index in [0.29, 0.717) is 24.1 Å². The van der Waals surface area contributed by atoms with Gasteiger partial charge in [-0.1, -0.05) is 6.42 Å². The van der Waals surface area contributed by atoms with Crippen LogP contribution in [-0.4, -0.2) is 16.1 Å². The van der Waals surface area contributed by atoms with Gasteiger partial charge in [0.25, 0.3) is 5.56 Å². The van der Waals surface area contributed by atoms with Gasteiger partial charge in [-0.25, -0.2) is 4.98 Å². The third kappa shape index (κ3) is 3.34. The highest BCUT2D eigenvalue weighted by atomic mass is 19.4. The molecule has 18 heavy (non-hydrogen) atoms. The van der Waals surface area contributed by atoms with Crippen molar-refractivity contribution >= 4 is 0 Å². The summed E-state index contributed by atoms with van der Waals surface area (Å²) in [7, 11) is 0. The largest absolute Gasteiger partial charge is 0.389 e. The fraction of sp³-hybridized carbons (Fsp3) is 0.667. The first kappa shape index (κ1) is 13.1. The fourth-order valence-electron chi connectivity index (χ4n) is 2.21. The molecule has 0 unspecified atom stereocenters. The summed E-state index contributed by atoms with van der Waals surface area (Å²) in [6, 6.07) is 0. The van der Waals surface area contributed by atoms with E-state index in [4.69, 9.17) is 0 Å². The quantitative estimate of drug-likeness (QED) is 0.830. The molecule has 0 aliphatic heterocycles. The lowest BCUT2D eigenvalue weighted by molar-refractivity contribution is -0.134. The minimum absolute atomic E-state index is 0.151. The summed E-state index contributed by atoms with van der Waals surface area (Å²) in [6.45, 7) is 0. The van der Waals surface area contributed by atoms with Crippen molar-refractivity contribution in [2.75, 3.05) is 0 Å². The first-order valence-electron chi connectivity index (χ1n) is 6.13. The monoisotopic (exact) mass is 260 g/mol. The van der Waals surface area contributed by atoms with Gasteiger partial charge in [-0.05, 0) is 25.7 Å². The van der Waals surface area contributed by atoms with E-state index in [1.54, 1.807) is 0 Å². The van der Waals surface area contributed by atoms with Crippen molar-refractivity contribution in [2.45, 2.75) is 51.1 Å². The second kappa shape index (κ2) is 5.12. The van der Waals surface area contributed by atoms with Gasteiger partial charge >= 0.3 is 6.18 Å². The van der Waals surface area contributed by atoms with E-state index < -0.39 is 12.6 Å². The zero-order valence-electron chi connectivity index (χ0n) is 9.94. The zero-order chi connectivity index (χ0) is 13.2. The minimum atomic E-state index is -4.22. The van der Waals surface area contributed by atoms with Crippen molar-refractivity contribution in [3.8, 4) is 0 Å². The Labute approximate surface area is 102 Å². The van der Waals surface area contributed by atoms with Gasteiger partial charge in [0.2, 0.25) is 0 Å². The van der Waals surface area contributed by atoms with E-state index in [1.807, 2.05) is 0 Å². The lowest BCUT2D eigenvalue weighted by Crippen LogP contribution is -2.21. The van der Waals surface area contributed by atoms with Crippen LogP contribution in [-0.2, 0) is 19.3 Å². The highest BCUT2D eigenvalue weighted by molar-refractivity contribution is 5.19. The molecule has 0 saturated heterocycles. The summed E-state index contributed by atoms with van der Waals surface area (Å²) >= 11 is 0. The minimum Gasteiger partial charge on any atom is -0.310 e. The Morgan fingerprint density at radius 2 is 1.89 bits per heavy atom. The van der Waals surface area contributed by atoms with Crippen LogP contribution in [0.5, 0.6) is 0 Å². The number of hydrogen-bond acceptors (Lipinski definition) is 2. The van der Waals surface area contributed by atoms with Crippen LogP contribution in [0.3, 0.4) is 0 Å². The first-order chi connectivity index (χ1) is 8.46. The van der Waals surface area contributed by atoms with Gasteiger partial charge in [0, 0.05) is 12.0 Å². The molecule has 2 rings (SSSR count). The normalized spacial score (nSPS) is 16.2. The number of H-pyrrole nitrogens is 1. The Morgan fingerprint density at radius 3 is 2.61 bits per heavy atom. The van der Waals surface area contributed by atoms with Crippen LogP contribution < -0.4 is 5.56 Å². The number of alkyl halides is 3. The van der Waals surface area contributed by atoms with E-state index in [0.717, 1.165) is 19.3 Å². The average molecular weight is 260 g/mol. The highest BCUT2D eigenvalue weighted by Crippen LogP contribution is 2.21. The highest BCUT2D eigenvalue weighted by Gasteiger charge is 2.27. The van der Waals surface area contributed by atoms with E-state index >= 15 is 0 Å². The molecule has 0 bridgehead atoms. The number of nitrogens with one attached hydrogen (secondary N) is 1.